The molecule has 1 rings (SSSR count). The van der Waals surface area contributed by atoms with Gasteiger partial charge in [0.1, 0.15) is 6.29 Å². The van der Waals surface area contributed by atoms with Crippen molar-refractivity contribution < 1.29 is 4.79 Å². The number of rotatable bonds is 4. The average molecular weight is 162 g/mol. The Balaban J connectivity index is 2.46. The second kappa shape index (κ2) is 4.67. The summed E-state index contributed by atoms with van der Waals surface area (Å²) >= 11 is 0. The van der Waals surface area contributed by atoms with Gasteiger partial charge in [0.05, 0.1) is 6.54 Å². The van der Waals surface area contributed by atoms with Crippen LogP contribution in [0.2, 0.25) is 0 Å². The Kier molecular flexibility index (Phi) is 3.48. The lowest BCUT2D eigenvalue weighted by atomic mass is 10.2. The number of hydrogen-bond donors (Lipinski definition) is 0. The zero-order valence-electron chi connectivity index (χ0n) is 7.10. The highest BCUT2D eigenvalue weighted by atomic mass is 16.1. The molecule has 2 nitrogen and oxygen atoms in total. The third-order valence-electron chi connectivity index (χ3n) is 1.59. The lowest BCUT2D eigenvalue weighted by molar-refractivity contribution is -0.106. The fourth-order valence-corrected chi connectivity index (χ4v) is 1.03. The Morgan fingerprint density at radius 1 is 1.33 bits per heavy atom. The average Bonchev–Trinajstić information content (AvgIpc) is 2.06. The van der Waals surface area contributed by atoms with E-state index < -0.39 is 0 Å². The fourth-order valence-electron chi connectivity index (χ4n) is 1.03. The van der Waals surface area contributed by atoms with Crippen LogP contribution < -0.4 is 0 Å². The number of nitrogens with zero attached hydrogens (tertiary/aromatic N) is 1. The highest BCUT2D eigenvalue weighted by Gasteiger charge is 1.97. The van der Waals surface area contributed by atoms with E-state index in [0.29, 0.717) is 0 Å². The molecule has 0 amide bonds. The lowest BCUT2D eigenvalue weighted by Gasteiger charge is -2.11. The summed E-state index contributed by atoms with van der Waals surface area (Å²) in [5.41, 5.74) is 1.21. The lowest BCUT2D eigenvalue weighted by Crippen LogP contribution is -2.14. The van der Waals surface area contributed by atoms with E-state index in [0.717, 1.165) is 12.8 Å². The van der Waals surface area contributed by atoms with Crippen LogP contribution >= 0.6 is 0 Å². The van der Waals surface area contributed by atoms with Crippen LogP contribution in [0.3, 0.4) is 0 Å². The van der Waals surface area contributed by atoms with Gasteiger partial charge in [0, 0.05) is 6.54 Å². The molecule has 0 bridgehead atoms. The van der Waals surface area contributed by atoms with Gasteiger partial charge >= 0.3 is 0 Å². The Hall–Kier alpha value is -1.15. The maximum absolute atomic E-state index is 10.1. The number of benzene rings is 1. The van der Waals surface area contributed by atoms with Crippen LogP contribution in [0, 0.1) is 6.54 Å². The summed E-state index contributed by atoms with van der Waals surface area (Å²) in [5, 5.41) is 0. The van der Waals surface area contributed by atoms with E-state index in [1.54, 1.807) is 0 Å². The van der Waals surface area contributed by atoms with Crippen LogP contribution in [-0.2, 0) is 11.3 Å². The van der Waals surface area contributed by atoms with Gasteiger partial charge in [0.15, 0.2) is 0 Å². The van der Waals surface area contributed by atoms with Crippen LogP contribution in [0.25, 0.3) is 0 Å². The first-order chi connectivity index (χ1) is 5.83. The van der Waals surface area contributed by atoms with E-state index in [4.69, 9.17) is 0 Å². The summed E-state index contributed by atoms with van der Waals surface area (Å²) in [7, 11) is 1.88. The normalized spacial score (nSPS) is 10.2. The molecule has 0 unspecified atom stereocenters. The Morgan fingerprint density at radius 2 is 2.00 bits per heavy atom. The van der Waals surface area contributed by atoms with Crippen LogP contribution in [-0.4, -0.2) is 18.2 Å². The quantitative estimate of drug-likeness (QED) is 0.625. The van der Waals surface area contributed by atoms with E-state index in [-0.39, 0.29) is 0 Å². The van der Waals surface area contributed by atoms with Crippen LogP contribution in [0.5, 0.6) is 0 Å². The standard InChI is InChI=1S/C10H12NO/c1-11(7-8-12)9-10-5-3-2-4-6-10/h2-8H,9H2,1H3. The molecule has 0 atom stereocenters. The molecule has 63 valence electrons. The second-order valence-corrected chi connectivity index (χ2v) is 2.69. The molecule has 2 heteroatoms. The van der Waals surface area contributed by atoms with E-state index in [1.165, 1.54) is 12.1 Å². The van der Waals surface area contributed by atoms with Gasteiger partial charge in [-0.05, 0) is 12.6 Å². The van der Waals surface area contributed by atoms with Gasteiger partial charge in [-0.1, -0.05) is 30.3 Å². The fraction of sp³-hybridized carbons (Fsp3) is 0.200. The van der Waals surface area contributed by atoms with Gasteiger partial charge < -0.3 is 4.79 Å². The molecule has 0 spiro atoms. The first kappa shape index (κ1) is 8.94. The zero-order chi connectivity index (χ0) is 8.81. The van der Waals surface area contributed by atoms with E-state index in [9.17, 15) is 4.79 Å². The molecule has 1 radical (unpaired) electrons. The topological polar surface area (TPSA) is 20.3 Å². The Morgan fingerprint density at radius 3 is 2.58 bits per heavy atom. The Bertz CT molecular complexity index is 233. The monoisotopic (exact) mass is 162 g/mol. The molecule has 0 fully saturated rings. The minimum absolute atomic E-state index is 0.777. The van der Waals surface area contributed by atoms with Crippen molar-refractivity contribution >= 4 is 6.29 Å². The number of likely N-dealkylation sites (N-methyl/N-ethyl adjacent to an activating group) is 1. The first-order valence-corrected chi connectivity index (χ1v) is 3.85. The van der Waals surface area contributed by atoms with Crippen molar-refractivity contribution in [2.75, 3.05) is 7.05 Å². The predicted octanol–water partition coefficient (Wildman–Crippen LogP) is 1.48. The van der Waals surface area contributed by atoms with Crippen molar-refractivity contribution in [3.8, 4) is 0 Å². The molecular formula is C10H12NO. The molecule has 0 saturated heterocycles. The molecule has 0 saturated carbocycles. The van der Waals surface area contributed by atoms with Gasteiger partial charge in [-0.2, -0.15) is 0 Å². The van der Waals surface area contributed by atoms with Crippen molar-refractivity contribution in [1.82, 2.24) is 4.90 Å². The maximum atomic E-state index is 10.1. The molecule has 1 aromatic rings. The Labute approximate surface area is 72.8 Å². The highest BCUT2D eigenvalue weighted by molar-refractivity contribution is 5.59. The molecule has 12 heavy (non-hydrogen) atoms. The first-order valence-electron chi connectivity index (χ1n) is 3.85. The van der Waals surface area contributed by atoms with Crippen molar-refractivity contribution in [3.63, 3.8) is 0 Å². The van der Waals surface area contributed by atoms with Crippen molar-refractivity contribution in [2.45, 2.75) is 6.54 Å². The van der Waals surface area contributed by atoms with Crippen LogP contribution in [0.4, 0.5) is 0 Å². The summed E-state index contributed by atoms with van der Waals surface area (Å²) in [6.45, 7) is 2.30. The van der Waals surface area contributed by atoms with Gasteiger partial charge in [-0.3, -0.25) is 4.90 Å². The van der Waals surface area contributed by atoms with E-state index in [1.807, 2.05) is 42.3 Å². The minimum atomic E-state index is 0.777. The maximum Gasteiger partial charge on any atom is 0.139 e. The second-order valence-electron chi connectivity index (χ2n) is 2.69. The van der Waals surface area contributed by atoms with E-state index >= 15 is 0 Å². The molecule has 0 aliphatic carbocycles. The summed E-state index contributed by atoms with van der Waals surface area (Å²) < 4.78 is 0. The molecule has 0 N–H and O–H groups in total. The largest absolute Gasteiger partial charge is 0.302 e. The van der Waals surface area contributed by atoms with Gasteiger partial charge in [-0.15, -0.1) is 0 Å². The SMILES string of the molecule is CN([CH]C=O)Cc1ccccc1. The molecule has 0 aliphatic heterocycles. The number of carbonyl (C=O) groups excluding carboxylic acids is 1. The van der Waals surface area contributed by atoms with E-state index in [2.05, 4.69) is 0 Å². The third kappa shape index (κ3) is 2.84. The number of carbonyl (C=O) groups is 1. The third-order valence-corrected chi connectivity index (χ3v) is 1.59. The zero-order valence-corrected chi connectivity index (χ0v) is 7.10. The van der Waals surface area contributed by atoms with Crippen molar-refractivity contribution in [2.24, 2.45) is 0 Å². The molecule has 1 aromatic carbocycles. The number of aldehydes is 1. The van der Waals surface area contributed by atoms with Crippen molar-refractivity contribution in [1.29, 1.82) is 0 Å². The van der Waals surface area contributed by atoms with Gasteiger partial charge in [0.25, 0.3) is 0 Å². The predicted molar refractivity (Wildman–Crippen MR) is 48.3 cm³/mol. The molecular weight excluding hydrogens is 150 g/mol. The molecule has 0 heterocycles. The van der Waals surface area contributed by atoms with Crippen molar-refractivity contribution in [3.05, 3.63) is 42.4 Å². The van der Waals surface area contributed by atoms with Crippen LogP contribution in [0.1, 0.15) is 5.56 Å². The summed E-state index contributed by atoms with van der Waals surface area (Å²) in [6, 6.07) is 10.0. The molecule has 0 aliphatic rings. The molecule has 0 aromatic heterocycles. The summed E-state index contributed by atoms with van der Waals surface area (Å²) in [5.74, 6) is 0. The summed E-state index contributed by atoms with van der Waals surface area (Å²) in [4.78, 5) is 12.0. The van der Waals surface area contributed by atoms with Crippen LogP contribution in [0.15, 0.2) is 30.3 Å². The van der Waals surface area contributed by atoms with Gasteiger partial charge in [-0.25, -0.2) is 0 Å². The minimum Gasteiger partial charge on any atom is -0.302 e. The number of hydrogen-bond acceptors (Lipinski definition) is 2. The smallest absolute Gasteiger partial charge is 0.139 e. The summed E-state index contributed by atoms with van der Waals surface area (Å²) in [6.07, 6.45) is 0.795. The van der Waals surface area contributed by atoms with Gasteiger partial charge in [0.2, 0.25) is 0 Å². The highest BCUT2D eigenvalue weighted by Crippen LogP contribution is 2.02.